The Labute approximate surface area is 201 Å². The van der Waals surface area contributed by atoms with E-state index in [9.17, 15) is 14.7 Å². The molecule has 0 saturated heterocycles. The van der Waals surface area contributed by atoms with Gasteiger partial charge in [0.15, 0.2) is 0 Å². The number of halogens is 2. The smallest absolute Gasteiger partial charge is 0.329 e. The summed E-state index contributed by atoms with van der Waals surface area (Å²) in [5, 5.41) is 17.9. The van der Waals surface area contributed by atoms with E-state index < -0.39 is 17.7 Å². The maximum Gasteiger partial charge on any atom is 0.329 e. The summed E-state index contributed by atoms with van der Waals surface area (Å²) in [6.45, 7) is 9.24. The van der Waals surface area contributed by atoms with Crippen LogP contribution in [-0.2, 0) is 10.5 Å². The molecule has 2 aromatic carbocycles. The highest BCUT2D eigenvalue weighted by molar-refractivity contribution is 9.10. The Hall–Kier alpha value is -2.13. The first kappa shape index (κ1) is 24.5. The number of nitrogens with one attached hydrogen (secondary N) is 2. The summed E-state index contributed by atoms with van der Waals surface area (Å²) in [6.07, 6.45) is 0. The first-order valence-corrected chi connectivity index (χ1v) is 11.8. The van der Waals surface area contributed by atoms with E-state index in [-0.39, 0.29) is 11.5 Å². The normalized spacial score (nSPS) is 18.8. The molecule has 0 aromatic heterocycles. The van der Waals surface area contributed by atoms with E-state index in [0.29, 0.717) is 27.4 Å². The van der Waals surface area contributed by atoms with E-state index in [1.165, 1.54) is 0 Å². The molecule has 0 aliphatic carbocycles. The summed E-state index contributed by atoms with van der Waals surface area (Å²) >= 11 is 9.40. The van der Waals surface area contributed by atoms with Gasteiger partial charge in [-0.25, -0.2) is 4.79 Å². The third kappa shape index (κ3) is 4.93. The van der Waals surface area contributed by atoms with E-state index >= 15 is 0 Å². The second kappa shape index (κ2) is 10.2. The third-order valence-electron chi connectivity index (χ3n) is 5.60. The van der Waals surface area contributed by atoms with Gasteiger partial charge in [0.2, 0.25) is 0 Å². The molecule has 0 bridgehead atoms. The SMILES string of the molecule is CCN(CC)C[C@H](C)CNC(=O)[C@@]1(O)c2cc(Br)ccc2NC(=O)N1c1ccc(Cl)cc1. The lowest BCUT2D eigenvalue weighted by Gasteiger charge is -2.43. The van der Waals surface area contributed by atoms with Crippen LogP contribution in [0.25, 0.3) is 0 Å². The van der Waals surface area contributed by atoms with Gasteiger partial charge in [-0.15, -0.1) is 0 Å². The van der Waals surface area contributed by atoms with Gasteiger partial charge in [-0.05, 0) is 61.5 Å². The van der Waals surface area contributed by atoms with Crippen molar-refractivity contribution in [2.75, 3.05) is 36.4 Å². The van der Waals surface area contributed by atoms with Crippen LogP contribution in [0.4, 0.5) is 16.2 Å². The summed E-state index contributed by atoms with van der Waals surface area (Å²) in [5.41, 5.74) is -1.26. The number of urea groups is 1. The Morgan fingerprint density at radius 1 is 1.25 bits per heavy atom. The number of aliphatic hydroxyl groups is 1. The van der Waals surface area contributed by atoms with Gasteiger partial charge in [0.1, 0.15) is 0 Å². The molecule has 2 aromatic rings. The summed E-state index contributed by atoms with van der Waals surface area (Å²) in [7, 11) is 0. The van der Waals surface area contributed by atoms with Crippen LogP contribution in [0.5, 0.6) is 0 Å². The average Bonchev–Trinajstić information content (AvgIpc) is 2.77. The molecule has 0 spiro atoms. The number of amides is 3. The molecule has 0 unspecified atom stereocenters. The Morgan fingerprint density at radius 3 is 2.53 bits per heavy atom. The zero-order valence-corrected chi connectivity index (χ0v) is 20.7. The molecule has 1 heterocycles. The minimum absolute atomic E-state index is 0.158. The highest BCUT2D eigenvalue weighted by Gasteiger charge is 2.52. The number of rotatable bonds is 8. The van der Waals surface area contributed by atoms with Crippen molar-refractivity contribution >= 4 is 50.8 Å². The number of hydrogen-bond acceptors (Lipinski definition) is 4. The molecule has 1 aliphatic rings. The predicted octanol–water partition coefficient (Wildman–Crippen LogP) is 4.39. The van der Waals surface area contributed by atoms with Gasteiger partial charge in [0, 0.05) is 33.8 Å². The van der Waals surface area contributed by atoms with Crippen molar-refractivity contribution in [1.82, 2.24) is 10.2 Å². The van der Waals surface area contributed by atoms with Gasteiger partial charge in [0.05, 0.1) is 5.69 Å². The number of hydrogen-bond donors (Lipinski definition) is 3. The Kier molecular flexibility index (Phi) is 7.82. The molecule has 1 aliphatic heterocycles. The zero-order valence-electron chi connectivity index (χ0n) is 18.4. The Balaban J connectivity index is 1.97. The van der Waals surface area contributed by atoms with Crippen LogP contribution in [0, 0.1) is 5.92 Å². The zero-order chi connectivity index (χ0) is 23.5. The molecular weight excluding hydrogens is 496 g/mol. The fourth-order valence-electron chi connectivity index (χ4n) is 3.85. The molecule has 32 heavy (non-hydrogen) atoms. The molecule has 0 fully saturated rings. The second-order valence-electron chi connectivity index (χ2n) is 7.91. The van der Waals surface area contributed by atoms with E-state index in [0.717, 1.165) is 24.5 Å². The average molecular weight is 524 g/mol. The number of fused-ring (bicyclic) bond motifs is 1. The lowest BCUT2D eigenvalue weighted by molar-refractivity contribution is -0.140. The topological polar surface area (TPSA) is 84.9 Å². The van der Waals surface area contributed by atoms with Crippen LogP contribution in [0.15, 0.2) is 46.9 Å². The molecule has 2 atom stereocenters. The van der Waals surface area contributed by atoms with Crippen LogP contribution in [0.3, 0.4) is 0 Å². The fraction of sp³-hybridized carbons (Fsp3) is 0.391. The van der Waals surface area contributed by atoms with Gasteiger partial charge in [-0.2, -0.15) is 0 Å². The third-order valence-corrected chi connectivity index (χ3v) is 6.35. The van der Waals surface area contributed by atoms with Gasteiger partial charge in [-0.1, -0.05) is 48.3 Å². The molecule has 3 amide bonds. The molecule has 0 radical (unpaired) electrons. The van der Waals surface area contributed by atoms with Crippen LogP contribution >= 0.6 is 27.5 Å². The molecular formula is C23H28BrClN4O3. The van der Waals surface area contributed by atoms with Gasteiger partial charge >= 0.3 is 6.03 Å². The Bertz CT molecular complexity index is 984. The largest absolute Gasteiger partial charge is 0.359 e. The predicted molar refractivity (Wildman–Crippen MR) is 131 cm³/mol. The van der Waals surface area contributed by atoms with Crippen molar-refractivity contribution < 1.29 is 14.7 Å². The first-order chi connectivity index (χ1) is 15.2. The minimum Gasteiger partial charge on any atom is -0.359 e. The molecule has 7 nitrogen and oxygen atoms in total. The number of carbonyl (C=O) groups is 2. The van der Waals surface area contributed by atoms with E-state index in [4.69, 9.17) is 11.6 Å². The second-order valence-corrected chi connectivity index (χ2v) is 9.26. The number of carbonyl (C=O) groups excluding carboxylic acids is 2. The molecule has 172 valence electrons. The van der Waals surface area contributed by atoms with Crippen LogP contribution in [-0.4, -0.2) is 48.1 Å². The first-order valence-electron chi connectivity index (χ1n) is 10.6. The molecule has 9 heteroatoms. The number of anilines is 2. The number of benzene rings is 2. The van der Waals surface area contributed by atoms with Crippen molar-refractivity contribution in [2.45, 2.75) is 26.5 Å². The van der Waals surface area contributed by atoms with Gasteiger partial charge < -0.3 is 20.6 Å². The highest BCUT2D eigenvalue weighted by atomic mass is 79.9. The quantitative estimate of drug-likeness (QED) is 0.479. The minimum atomic E-state index is -2.25. The summed E-state index contributed by atoms with van der Waals surface area (Å²) in [5.74, 6) is -0.515. The summed E-state index contributed by atoms with van der Waals surface area (Å²) in [4.78, 5) is 29.8. The monoisotopic (exact) mass is 522 g/mol. The maximum absolute atomic E-state index is 13.5. The highest BCUT2D eigenvalue weighted by Crippen LogP contribution is 2.41. The van der Waals surface area contributed by atoms with E-state index in [1.54, 1.807) is 42.5 Å². The maximum atomic E-state index is 13.5. The Morgan fingerprint density at radius 2 is 1.91 bits per heavy atom. The van der Waals surface area contributed by atoms with Crippen LogP contribution in [0.1, 0.15) is 26.3 Å². The van der Waals surface area contributed by atoms with Gasteiger partial charge in [0.25, 0.3) is 11.6 Å². The lowest BCUT2D eigenvalue weighted by Crippen LogP contribution is -2.63. The van der Waals surface area contributed by atoms with E-state index in [1.807, 2.05) is 6.92 Å². The van der Waals surface area contributed by atoms with Crippen molar-refractivity contribution in [3.63, 3.8) is 0 Å². The molecule has 0 saturated carbocycles. The summed E-state index contributed by atoms with van der Waals surface area (Å²) in [6, 6.07) is 10.8. The van der Waals surface area contributed by atoms with Crippen molar-refractivity contribution in [3.05, 3.63) is 57.5 Å². The lowest BCUT2D eigenvalue weighted by atomic mass is 9.94. The van der Waals surface area contributed by atoms with Crippen molar-refractivity contribution in [3.8, 4) is 0 Å². The summed E-state index contributed by atoms with van der Waals surface area (Å²) < 4.78 is 0.671. The van der Waals surface area contributed by atoms with Crippen LogP contribution in [0.2, 0.25) is 5.02 Å². The van der Waals surface area contributed by atoms with Crippen molar-refractivity contribution in [1.29, 1.82) is 0 Å². The van der Waals surface area contributed by atoms with Gasteiger partial charge in [-0.3, -0.25) is 9.69 Å². The van der Waals surface area contributed by atoms with Crippen molar-refractivity contribution in [2.24, 2.45) is 5.92 Å². The van der Waals surface area contributed by atoms with E-state index in [2.05, 4.69) is 45.3 Å². The molecule has 3 rings (SSSR count). The standard InChI is InChI=1S/C23H28BrClN4O3/c1-4-28(5-2)14-15(3)13-26-21(30)23(32)19-12-16(24)6-11-20(19)27-22(31)29(23)18-9-7-17(25)8-10-18/h6-12,15,32H,4-5,13-14H2,1-3H3,(H,26,30)(H,27,31)/t15-,23+/m1/s1. The number of nitrogens with zero attached hydrogens (tertiary/aromatic N) is 2. The fourth-order valence-corrected chi connectivity index (χ4v) is 4.33. The van der Waals surface area contributed by atoms with Crippen LogP contribution < -0.4 is 15.5 Å². The molecule has 3 N–H and O–H groups in total.